The Morgan fingerprint density at radius 1 is 1.05 bits per heavy atom. The normalized spacial score (nSPS) is 13.6. The highest BCUT2D eigenvalue weighted by Gasteiger charge is 2.11. The van der Waals surface area contributed by atoms with Gasteiger partial charge in [-0.2, -0.15) is 5.26 Å². The number of hydrogen-bond donors (Lipinski definition) is 0. The molecule has 3 rings (SSSR count). The first-order valence-electron chi connectivity index (χ1n) is 6.53. The largest absolute Gasteiger partial charge is 0.486 e. The standard InChI is InChI=1S/C17H12ClNO2/c18-15-4-2-13(3-5-15)14(11-19)9-12-1-6-16-17(10-12)21-8-7-20-16/h1-6,9-10H,7-8H2/b14-9-. The van der Waals surface area contributed by atoms with E-state index < -0.39 is 0 Å². The lowest BCUT2D eigenvalue weighted by Gasteiger charge is -2.18. The number of allylic oxidation sites excluding steroid dienone is 1. The van der Waals surface area contributed by atoms with Crippen LogP contribution in [0.2, 0.25) is 5.02 Å². The van der Waals surface area contributed by atoms with E-state index >= 15 is 0 Å². The van der Waals surface area contributed by atoms with Crippen LogP contribution in [0.3, 0.4) is 0 Å². The molecular formula is C17H12ClNO2. The molecule has 1 aliphatic heterocycles. The number of hydrogen-bond acceptors (Lipinski definition) is 3. The zero-order valence-corrected chi connectivity index (χ0v) is 11.9. The quantitative estimate of drug-likeness (QED) is 0.617. The minimum atomic E-state index is 0.544. The molecule has 1 heterocycles. The van der Waals surface area contributed by atoms with Crippen LogP contribution >= 0.6 is 11.6 Å². The molecule has 2 aromatic rings. The van der Waals surface area contributed by atoms with Crippen molar-refractivity contribution in [1.29, 1.82) is 5.26 Å². The van der Waals surface area contributed by atoms with Crippen LogP contribution in [0, 0.1) is 11.3 Å². The first kappa shape index (κ1) is 13.5. The first-order valence-corrected chi connectivity index (χ1v) is 6.91. The van der Waals surface area contributed by atoms with E-state index in [1.165, 1.54) is 0 Å². The number of halogens is 1. The van der Waals surface area contributed by atoms with Crippen molar-refractivity contribution in [3.05, 3.63) is 58.6 Å². The molecule has 3 nitrogen and oxygen atoms in total. The minimum absolute atomic E-state index is 0.544. The number of benzene rings is 2. The van der Waals surface area contributed by atoms with Crippen LogP contribution in [0.25, 0.3) is 11.6 Å². The highest BCUT2D eigenvalue weighted by atomic mass is 35.5. The second-order valence-corrected chi connectivity index (χ2v) is 5.02. The summed E-state index contributed by atoms with van der Waals surface area (Å²) < 4.78 is 11.0. The Labute approximate surface area is 128 Å². The van der Waals surface area contributed by atoms with Gasteiger partial charge < -0.3 is 9.47 Å². The summed E-state index contributed by atoms with van der Waals surface area (Å²) in [7, 11) is 0. The van der Waals surface area contributed by atoms with E-state index in [2.05, 4.69) is 6.07 Å². The van der Waals surface area contributed by atoms with Crippen LogP contribution in [0.15, 0.2) is 42.5 Å². The Morgan fingerprint density at radius 2 is 1.76 bits per heavy atom. The van der Waals surface area contributed by atoms with Crippen LogP contribution in [0.1, 0.15) is 11.1 Å². The Morgan fingerprint density at radius 3 is 2.48 bits per heavy atom. The van der Waals surface area contributed by atoms with Gasteiger partial charge in [0.1, 0.15) is 13.2 Å². The van der Waals surface area contributed by atoms with Gasteiger partial charge in [-0.3, -0.25) is 0 Å². The SMILES string of the molecule is N#C/C(=C/c1ccc2c(c1)OCCO2)c1ccc(Cl)cc1. The van der Waals surface area contributed by atoms with E-state index in [1.54, 1.807) is 12.1 Å². The van der Waals surface area contributed by atoms with Crippen LogP contribution in [0.5, 0.6) is 11.5 Å². The van der Waals surface area contributed by atoms with E-state index in [0.29, 0.717) is 29.6 Å². The van der Waals surface area contributed by atoms with E-state index in [0.717, 1.165) is 16.9 Å². The summed E-state index contributed by atoms with van der Waals surface area (Å²) in [5, 5.41) is 9.99. The second kappa shape index (κ2) is 5.90. The molecule has 0 saturated carbocycles. The maximum Gasteiger partial charge on any atom is 0.161 e. The fraction of sp³-hybridized carbons (Fsp3) is 0.118. The van der Waals surface area contributed by atoms with Crippen molar-refractivity contribution < 1.29 is 9.47 Å². The topological polar surface area (TPSA) is 42.2 Å². The van der Waals surface area contributed by atoms with Crippen molar-refractivity contribution in [3.8, 4) is 17.6 Å². The summed E-state index contributed by atoms with van der Waals surface area (Å²) in [5.74, 6) is 1.45. The molecule has 0 amide bonds. The number of rotatable bonds is 2. The van der Waals surface area contributed by atoms with Crippen LogP contribution < -0.4 is 9.47 Å². The number of nitrogens with zero attached hydrogens (tertiary/aromatic N) is 1. The number of ether oxygens (including phenoxy) is 2. The van der Waals surface area contributed by atoms with Crippen molar-refractivity contribution in [1.82, 2.24) is 0 Å². The average molecular weight is 298 g/mol. The predicted octanol–water partition coefficient (Wildman–Crippen LogP) is 4.18. The van der Waals surface area contributed by atoms with Crippen LogP contribution in [0.4, 0.5) is 0 Å². The molecule has 0 atom stereocenters. The van der Waals surface area contributed by atoms with Crippen LogP contribution in [-0.4, -0.2) is 13.2 Å². The fourth-order valence-electron chi connectivity index (χ4n) is 2.13. The van der Waals surface area contributed by atoms with Gasteiger partial charge in [0.2, 0.25) is 0 Å². The summed E-state index contributed by atoms with van der Waals surface area (Å²) in [6.45, 7) is 1.11. The lowest BCUT2D eigenvalue weighted by Crippen LogP contribution is -2.15. The third kappa shape index (κ3) is 3.01. The zero-order chi connectivity index (χ0) is 14.7. The fourth-order valence-corrected chi connectivity index (χ4v) is 2.25. The van der Waals surface area contributed by atoms with Gasteiger partial charge in [0, 0.05) is 5.02 Å². The molecule has 0 fully saturated rings. The molecule has 0 aliphatic carbocycles. The van der Waals surface area contributed by atoms with Gasteiger partial charge in [0.05, 0.1) is 11.6 Å². The Bertz CT molecular complexity index is 729. The van der Waals surface area contributed by atoms with E-state index in [-0.39, 0.29) is 0 Å². The molecule has 4 heteroatoms. The molecule has 104 valence electrons. The van der Waals surface area contributed by atoms with E-state index in [9.17, 15) is 5.26 Å². The highest BCUT2D eigenvalue weighted by Crippen LogP contribution is 2.32. The summed E-state index contributed by atoms with van der Waals surface area (Å²) in [4.78, 5) is 0. The summed E-state index contributed by atoms with van der Waals surface area (Å²) >= 11 is 5.87. The molecule has 21 heavy (non-hydrogen) atoms. The Kier molecular flexibility index (Phi) is 3.81. The third-order valence-corrected chi connectivity index (χ3v) is 3.40. The summed E-state index contributed by atoms with van der Waals surface area (Å²) in [6, 6.07) is 15.0. The van der Waals surface area contributed by atoms with Crippen molar-refractivity contribution in [2.45, 2.75) is 0 Å². The lowest BCUT2D eigenvalue weighted by atomic mass is 10.0. The Balaban J connectivity index is 1.95. The van der Waals surface area contributed by atoms with Crippen molar-refractivity contribution in [3.63, 3.8) is 0 Å². The van der Waals surface area contributed by atoms with Gasteiger partial charge in [-0.1, -0.05) is 29.8 Å². The molecule has 1 aliphatic rings. The maximum absolute atomic E-state index is 9.34. The van der Waals surface area contributed by atoms with Gasteiger partial charge in [0.25, 0.3) is 0 Å². The molecule has 0 bridgehead atoms. The zero-order valence-electron chi connectivity index (χ0n) is 11.2. The van der Waals surface area contributed by atoms with Gasteiger partial charge in [-0.15, -0.1) is 0 Å². The number of fused-ring (bicyclic) bond motifs is 1. The second-order valence-electron chi connectivity index (χ2n) is 4.58. The van der Waals surface area contributed by atoms with Crippen molar-refractivity contribution >= 4 is 23.3 Å². The van der Waals surface area contributed by atoms with Crippen LogP contribution in [-0.2, 0) is 0 Å². The molecule has 0 N–H and O–H groups in total. The van der Waals surface area contributed by atoms with Gasteiger partial charge in [-0.25, -0.2) is 0 Å². The minimum Gasteiger partial charge on any atom is -0.486 e. The molecule has 0 saturated heterocycles. The molecular weight excluding hydrogens is 286 g/mol. The lowest BCUT2D eigenvalue weighted by molar-refractivity contribution is 0.171. The van der Waals surface area contributed by atoms with E-state index in [4.69, 9.17) is 21.1 Å². The molecule has 0 spiro atoms. The molecule has 0 unspecified atom stereocenters. The first-order chi connectivity index (χ1) is 10.3. The van der Waals surface area contributed by atoms with E-state index in [1.807, 2.05) is 36.4 Å². The monoisotopic (exact) mass is 297 g/mol. The highest BCUT2D eigenvalue weighted by molar-refractivity contribution is 6.30. The summed E-state index contributed by atoms with van der Waals surface area (Å²) in [6.07, 6.45) is 1.82. The smallest absolute Gasteiger partial charge is 0.161 e. The molecule has 0 radical (unpaired) electrons. The maximum atomic E-state index is 9.34. The average Bonchev–Trinajstić information content (AvgIpc) is 2.53. The third-order valence-electron chi connectivity index (χ3n) is 3.15. The van der Waals surface area contributed by atoms with Crippen molar-refractivity contribution in [2.75, 3.05) is 13.2 Å². The predicted molar refractivity (Wildman–Crippen MR) is 82.4 cm³/mol. The van der Waals surface area contributed by atoms with Gasteiger partial charge in [0.15, 0.2) is 11.5 Å². The molecule has 2 aromatic carbocycles. The Hall–Kier alpha value is -2.44. The molecule has 0 aromatic heterocycles. The van der Waals surface area contributed by atoms with Gasteiger partial charge >= 0.3 is 0 Å². The number of nitriles is 1. The summed E-state index contributed by atoms with van der Waals surface area (Å²) in [5.41, 5.74) is 2.30. The van der Waals surface area contributed by atoms with Gasteiger partial charge in [-0.05, 0) is 41.5 Å². The van der Waals surface area contributed by atoms with Crippen molar-refractivity contribution in [2.24, 2.45) is 0 Å².